The van der Waals surface area contributed by atoms with Gasteiger partial charge in [-0.1, -0.05) is 0 Å². The largest absolute Gasteiger partial charge is 0.332 e. The Kier molecular flexibility index (Phi) is 4.75. The van der Waals surface area contributed by atoms with Gasteiger partial charge in [-0.3, -0.25) is 20.2 Å². The predicted octanol–water partition coefficient (Wildman–Crippen LogP) is 4.85. The molecule has 0 spiro atoms. The molecule has 2 N–H and O–H groups in total. The summed E-state index contributed by atoms with van der Waals surface area (Å²) in [5, 5.41) is 18.3. The van der Waals surface area contributed by atoms with E-state index in [0.29, 0.717) is 10.3 Å². The second-order valence-electron chi connectivity index (χ2n) is 5.91. The van der Waals surface area contributed by atoms with Gasteiger partial charge in [-0.25, -0.2) is 4.98 Å². The normalized spacial score (nSPS) is 10.9. The second kappa shape index (κ2) is 7.23. The number of thiocarbonyl (C=S) groups is 1. The van der Waals surface area contributed by atoms with Crippen LogP contribution < -0.4 is 10.6 Å². The van der Waals surface area contributed by atoms with Crippen LogP contribution in [0.4, 0.5) is 11.4 Å². The SMILES string of the molecule is Cc1nc2cc(NC(=S)NC(=O)c3cc4cc([N+](=O)[O-])ccc4s3)ccc2s1. The maximum absolute atomic E-state index is 12.5. The molecule has 0 radical (unpaired) electrons. The maximum atomic E-state index is 12.5. The van der Waals surface area contributed by atoms with Crippen LogP contribution in [-0.2, 0) is 0 Å². The van der Waals surface area contributed by atoms with Crippen molar-refractivity contribution in [3.05, 3.63) is 62.5 Å². The lowest BCUT2D eigenvalue weighted by Crippen LogP contribution is -2.33. The lowest BCUT2D eigenvalue weighted by Gasteiger charge is -2.08. The van der Waals surface area contributed by atoms with Crippen molar-refractivity contribution in [3.8, 4) is 0 Å². The van der Waals surface area contributed by atoms with Crippen molar-refractivity contribution in [2.24, 2.45) is 0 Å². The van der Waals surface area contributed by atoms with Gasteiger partial charge in [-0.15, -0.1) is 22.7 Å². The van der Waals surface area contributed by atoms with Crippen molar-refractivity contribution in [1.29, 1.82) is 0 Å². The number of carbonyl (C=O) groups is 1. The summed E-state index contributed by atoms with van der Waals surface area (Å²) >= 11 is 8.09. The maximum Gasteiger partial charge on any atom is 0.270 e. The highest BCUT2D eigenvalue weighted by molar-refractivity contribution is 7.80. The van der Waals surface area contributed by atoms with Crippen LogP contribution in [0.3, 0.4) is 0 Å². The smallest absolute Gasteiger partial charge is 0.270 e. The first-order valence-electron chi connectivity index (χ1n) is 8.06. The van der Waals surface area contributed by atoms with Crippen LogP contribution in [0.15, 0.2) is 42.5 Å². The van der Waals surface area contributed by atoms with Crippen LogP contribution in [0.1, 0.15) is 14.7 Å². The van der Waals surface area contributed by atoms with Crippen molar-refractivity contribution >= 4 is 77.6 Å². The number of nitro groups is 1. The van der Waals surface area contributed by atoms with E-state index in [1.54, 1.807) is 23.5 Å². The van der Waals surface area contributed by atoms with E-state index in [2.05, 4.69) is 15.6 Å². The van der Waals surface area contributed by atoms with Crippen LogP contribution in [0.25, 0.3) is 20.3 Å². The zero-order chi connectivity index (χ0) is 19.8. The van der Waals surface area contributed by atoms with Crippen LogP contribution in [0, 0.1) is 17.0 Å². The molecule has 4 aromatic rings. The lowest BCUT2D eigenvalue weighted by atomic mass is 10.2. The van der Waals surface area contributed by atoms with E-state index < -0.39 is 4.92 Å². The molecule has 2 heterocycles. The molecule has 0 fully saturated rings. The van der Waals surface area contributed by atoms with Gasteiger partial charge in [0.25, 0.3) is 11.6 Å². The number of nitrogens with zero attached hydrogens (tertiary/aromatic N) is 2. The number of thiophene rings is 1. The summed E-state index contributed by atoms with van der Waals surface area (Å²) < 4.78 is 1.87. The number of nitrogens with one attached hydrogen (secondary N) is 2. The lowest BCUT2D eigenvalue weighted by molar-refractivity contribution is -0.384. The van der Waals surface area contributed by atoms with Crippen LogP contribution in [0.5, 0.6) is 0 Å². The van der Waals surface area contributed by atoms with Crippen molar-refractivity contribution in [1.82, 2.24) is 10.3 Å². The molecule has 140 valence electrons. The molecule has 0 atom stereocenters. The highest BCUT2D eigenvalue weighted by Gasteiger charge is 2.14. The number of hydrogen-bond acceptors (Lipinski definition) is 7. The molecule has 0 aliphatic carbocycles. The van der Waals surface area contributed by atoms with Gasteiger partial charge in [-0.2, -0.15) is 0 Å². The average Bonchev–Trinajstić information content (AvgIpc) is 3.22. The van der Waals surface area contributed by atoms with Crippen LogP contribution >= 0.6 is 34.9 Å². The summed E-state index contributed by atoms with van der Waals surface area (Å²) in [5.41, 5.74) is 1.59. The summed E-state index contributed by atoms with van der Waals surface area (Å²) in [6.45, 7) is 1.95. The van der Waals surface area contributed by atoms with Gasteiger partial charge in [0.1, 0.15) is 0 Å². The number of thiazole rings is 1. The molecular weight excluding hydrogens is 416 g/mol. The van der Waals surface area contributed by atoms with Crippen molar-refractivity contribution < 1.29 is 9.72 Å². The minimum absolute atomic E-state index is 0.0119. The molecule has 0 bridgehead atoms. The van der Waals surface area contributed by atoms with E-state index in [1.807, 2.05) is 25.1 Å². The molecule has 1 amide bonds. The second-order valence-corrected chi connectivity index (χ2v) is 8.64. The van der Waals surface area contributed by atoms with Gasteiger partial charge in [0.15, 0.2) is 5.11 Å². The molecule has 0 saturated heterocycles. The summed E-state index contributed by atoms with van der Waals surface area (Å²) in [7, 11) is 0. The fourth-order valence-corrected chi connectivity index (χ4v) is 4.66. The first-order valence-corrected chi connectivity index (χ1v) is 10.1. The number of rotatable bonds is 3. The average molecular weight is 429 g/mol. The van der Waals surface area contributed by atoms with E-state index in [4.69, 9.17) is 12.2 Å². The number of fused-ring (bicyclic) bond motifs is 2. The molecule has 0 aliphatic rings. The Morgan fingerprint density at radius 2 is 1.93 bits per heavy atom. The number of amides is 1. The number of anilines is 1. The molecule has 4 rings (SSSR count). The van der Waals surface area contributed by atoms with Gasteiger partial charge in [0.2, 0.25) is 0 Å². The van der Waals surface area contributed by atoms with E-state index in [9.17, 15) is 14.9 Å². The summed E-state index contributed by atoms with van der Waals surface area (Å²) in [6, 6.07) is 11.8. The fraction of sp³-hybridized carbons (Fsp3) is 0.0556. The summed E-state index contributed by atoms with van der Waals surface area (Å²) in [5.74, 6) is -0.369. The Balaban J connectivity index is 1.48. The van der Waals surface area contributed by atoms with Crippen LogP contribution in [0.2, 0.25) is 0 Å². The summed E-state index contributed by atoms with van der Waals surface area (Å²) in [6.07, 6.45) is 0. The molecular formula is C18H12N4O3S3. The quantitative estimate of drug-likeness (QED) is 0.275. The summed E-state index contributed by atoms with van der Waals surface area (Å²) in [4.78, 5) is 27.8. The third-order valence-corrected chi connectivity index (χ3v) is 6.18. The Labute approximate surface area is 172 Å². The zero-order valence-corrected chi connectivity index (χ0v) is 16.8. The third kappa shape index (κ3) is 3.70. The zero-order valence-electron chi connectivity index (χ0n) is 14.4. The third-order valence-electron chi connectivity index (χ3n) is 3.91. The topological polar surface area (TPSA) is 97.2 Å². The van der Waals surface area contributed by atoms with Crippen molar-refractivity contribution in [3.63, 3.8) is 0 Å². The number of carbonyl (C=O) groups excluding carboxylic acids is 1. The van der Waals surface area contributed by atoms with E-state index in [-0.39, 0.29) is 16.7 Å². The van der Waals surface area contributed by atoms with Gasteiger partial charge in [0, 0.05) is 27.9 Å². The first kappa shape index (κ1) is 18.4. The van der Waals surface area contributed by atoms with Crippen LogP contribution in [-0.4, -0.2) is 20.9 Å². The highest BCUT2D eigenvalue weighted by atomic mass is 32.1. The Morgan fingerprint density at radius 3 is 2.71 bits per heavy atom. The predicted molar refractivity (Wildman–Crippen MR) is 117 cm³/mol. The molecule has 0 unspecified atom stereocenters. The standard InChI is InChI=1S/C18H12N4O3S3/c1-9-19-13-8-11(2-4-15(13)27-9)20-18(26)21-17(23)16-7-10-6-12(22(24)25)3-5-14(10)28-16/h2-8H,1H3,(H2,20,21,23,26). The Bertz CT molecular complexity index is 1260. The number of aryl methyl sites for hydroxylation is 1. The molecule has 10 heteroatoms. The van der Waals surface area contributed by atoms with Crippen molar-refractivity contribution in [2.45, 2.75) is 6.92 Å². The Hall–Kier alpha value is -2.95. The number of non-ortho nitro benzene ring substituents is 1. The Morgan fingerprint density at radius 1 is 1.14 bits per heavy atom. The first-order chi connectivity index (χ1) is 13.4. The number of hydrogen-bond donors (Lipinski definition) is 2. The van der Waals surface area contributed by atoms with Gasteiger partial charge in [-0.05, 0) is 49.5 Å². The van der Waals surface area contributed by atoms with Gasteiger partial charge >= 0.3 is 0 Å². The highest BCUT2D eigenvalue weighted by Crippen LogP contribution is 2.29. The van der Waals surface area contributed by atoms with Gasteiger partial charge < -0.3 is 5.32 Å². The monoisotopic (exact) mass is 428 g/mol. The van der Waals surface area contributed by atoms with E-state index in [0.717, 1.165) is 25.6 Å². The fourth-order valence-electron chi connectivity index (χ4n) is 2.70. The molecule has 2 aromatic carbocycles. The number of aromatic nitrogens is 1. The molecule has 2 aromatic heterocycles. The minimum Gasteiger partial charge on any atom is -0.332 e. The molecule has 7 nitrogen and oxygen atoms in total. The van der Waals surface area contributed by atoms with Crippen molar-refractivity contribution in [2.75, 3.05) is 5.32 Å². The molecule has 0 aliphatic heterocycles. The molecule has 0 saturated carbocycles. The van der Waals surface area contributed by atoms with E-state index >= 15 is 0 Å². The number of benzene rings is 2. The molecule has 28 heavy (non-hydrogen) atoms. The van der Waals surface area contributed by atoms with Gasteiger partial charge in [0.05, 0.1) is 25.0 Å². The number of nitro benzene ring substituents is 1. The van der Waals surface area contributed by atoms with E-state index in [1.165, 1.54) is 23.5 Å². The minimum atomic E-state index is -0.462.